The molecule has 0 aromatic carbocycles. The third kappa shape index (κ3) is 0.792. The van der Waals surface area contributed by atoms with Crippen molar-refractivity contribution in [3.05, 3.63) is 0 Å². The average molecular weight is 198 g/mol. The van der Waals surface area contributed by atoms with Crippen LogP contribution in [0.4, 0.5) is 0 Å². The summed E-state index contributed by atoms with van der Waals surface area (Å²) in [6.07, 6.45) is 3.46. The smallest absolute Gasteiger partial charge is 0.317 e. The van der Waals surface area contributed by atoms with Gasteiger partial charge < -0.3 is 4.74 Å². The number of fused-ring (bicyclic) bond motifs is 1. The Balaban J connectivity index is 1.95. The number of methoxy groups -OCH3 is 1. The van der Waals surface area contributed by atoms with Crippen LogP contribution in [0.5, 0.6) is 0 Å². The number of ether oxygens (including phenoxy) is 1. The van der Waals surface area contributed by atoms with E-state index in [0.29, 0.717) is 16.7 Å². The van der Waals surface area contributed by atoms with Crippen molar-refractivity contribution in [2.24, 2.45) is 5.92 Å². The Bertz CT molecular complexity index is 293. The molecule has 0 radical (unpaired) electrons. The molecular weight excluding hydrogens is 182 g/mol. The van der Waals surface area contributed by atoms with Gasteiger partial charge >= 0.3 is 5.97 Å². The molecule has 0 aromatic rings. The van der Waals surface area contributed by atoms with Gasteiger partial charge in [0, 0.05) is 19.3 Å². The first-order valence-electron chi connectivity index (χ1n) is 5.29. The molecule has 3 rings (SSSR count). The van der Waals surface area contributed by atoms with Crippen molar-refractivity contribution in [2.45, 2.75) is 37.5 Å². The normalized spacial score (nSPS) is 53.9. The molecule has 3 aliphatic heterocycles. The molecule has 0 amide bonds. The minimum atomic E-state index is -0.0813. The lowest BCUT2D eigenvalue weighted by atomic mass is 9.90. The summed E-state index contributed by atoms with van der Waals surface area (Å²) in [4.78, 5) is 17.5. The second-order valence-electron chi connectivity index (χ2n) is 4.79. The van der Waals surface area contributed by atoms with E-state index in [0.717, 1.165) is 12.8 Å². The number of nitrogens with zero attached hydrogens (tertiary/aromatic N) is 1. The van der Waals surface area contributed by atoms with Gasteiger partial charge in [-0.2, -0.15) is 9.48 Å². The fourth-order valence-corrected chi connectivity index (χ4v) is 3.64. The van der Waals surface area contributed by atoms with Gasteiger partial charge in [-0.3, -0.25) is 4.79 Å². The third-order valence-electron chi connectivity index (χ3n) is 4.33. The van der Waals surface area contributed by atoms with Crippen LogP contribution in [-0.2, 0) is 14.4 Å². The van der Waals surface area contributed by atoms with Gasteiger partial charge in [0.1, 0.15) is 24.1 Å². The number of hydroxylamine groups is 3. The molecule has 2 bridgehead atoms. The maximum atomic E-state index is 11.6. The highest BCUT2D eigenvalue weighted by atomic mass is 16.7. The lowest BCUT2D eigenvalue weighted by Crippen LogP contribution is -2.51. The van der Waals surface area contributed by atoms with Gasteiger partial charge in [0.25, 0.3) is 0 Å². The summed E-state index contributed by atoms with van der Waals surface area (Å²) in [6, 6.07) is 0.983. The van der Waals surface area contributed by atoms with Crippen LogP contribution in [0.2, 0.25) is 0 Å². The van der Waals surface area contributed by atoms with Crippen LogP contribution in [0, 0.1) is 5.92 Å². The zero-order valence-corrected chi connectivity index (χ0v) is 8.60. The van der Waals surface area contributed by atoms with Gasteiger partial charge in [0.15, 0.2) is 0 Å². The molecule has 4 heteroatoms. The second kappa shape index (κ2) is 2.49. The van der Waals surface area contributed by atoms with Crippen LogP contribution in [0.25, 0.3) is 0 Å². The number of esters is 1. The highest BCUT2D eigenvalue weighted by Crippen LogP contribution is 2.53. The molecule has 5 atom stereocenters. The van der Waals surface area contributed by atoms with E-state index < -0.39 is 0 Å². The van der Waals surface area contributed by atoms with Crippen molar-refractivity contribution >= 4 is 5.97 Å². The minimum Gasteiger partial charge on any atom is -0.469 e. The summed E-state index contributed by atoms with van der Waals surface area (Å²) in [5, 5.41) is 0. The Hall–Kier alpha value is -0.610. The van der Waals surface area contributed by atoms with E-state index in [-0.39, 0.29) is 18.0 Å². The zero-order valence-electron chi connectivity index (χ0n) is 8.60. The maximum Gasteiger partial charge on any atom is 0.317 e. The quantitative estimate of drug-likeness (QED) is 0.454. The summed E-state index contributed by atoms with van der Waals surface area (Å²) in [7, 11) is 3.58. The number of rotatable bonds is 1. The molecule has 0 aromatic heterocycles. The standard InChI is InChI=1S/C10H16NO3/c1-11-6-3-4-7(11)9(10(12)13-2)8(5-6)14-11/h6-9H,3-5H2,1-2H3/q+1/t6-,7+,8-,9+,11?/m1/s1. The van der Waals surface area contributed by atoms with Gasteiger partial charge in [-0.25, -0.2) is 0 Å². The van der Waals surface area contributed by atoms with E-state index in [1.807, 2.05) is 0 Å². The molecule has 3 fully saturated rings. The van der Waals surface area contributed by atoms with Gasteiger partial charge in [-0.05, 0) is 0 Å². The Morgan fingerprint density at radius 2 is 2.29 bits per heavy atom. The monoisotopic (exact) mass is 198 g/mol. The van der Waals surface area contributed by atoms with Crippen LogP contribution in [0.1, 0.15) is 19.3 Å². The van der Waals surface area contributed by atoms with E-state index in [4.69, 9.17) is 9.57 Å². The van der Waals surface area contributed by atoms with Crippen molar-refractivity contribution in [1.82, 2.24) is 0 Å². The molecule has 4 nitrogen and oxygen atoms in total. The predicted molar refractivity (Wildman–Crippen MR) is 48.0 cm³/mol. The number of carbonyl (C=O) groups excluding carboxylic acids is 1. The molecule has 78 valence electrons. The molecule has 0 aliphatic carbocycles. The molecular formula is C10H16NO3+. The summed E-state index contributed by atoms with van der Waals surface area (Å²) >= 11 is 0. The molecule has 14 heavy (non-hydrogen) atoms. The highest BCUT2D eigenvalue weighted by Gasteiger charge is 2.69. The van der Waals surface area contributed by atoms with Crippen molar-refractivity contribution in [2.75, 3.05) is 14.2 Å². The maximum absolute atomic E-state index is 11.6. The molecule has 0 saturated carbocycles. The lowest BCUT2D eigenvalue weighted by Gasteiger charge is -2.30. The van der Waals surface area contributed by atoms with Crippen molar-refractivity contribution in [3.8, 4) is 0 Å². The van der Waals surface area contributed by atoms with Crippen LogP contribution < -0.4 is 0 Å². The van der Waals surface area contributed by atoms with Crippen LogP contribution in [-0.4, -0.2) is 43.0 Å². The van der Waals surface area contributed by atoms with E-state index in [2.05, 4.69) is 7.05 Å². The van der Waals surface area contributed by atoms with Gasteiger partial charge in [-0.1, -0.05) is 0 Å². The predicted octanol–water partition coefficient (Wildman–Crippen LogP) is 0.471. The van der Waals surface area contributed by atoms with Crippen molar-refractivity contribution < 1.29 is 19.0 Å². The third-order valence-corrected chi connectivity index (χ3v) is 4.33. The largest absolute Gasteiger partial charge is 0.469 e. The Labute approximate surface area is 83.3 Å². The Morgan fingerprint density at radius 1 is 1.50 bits per heavy atom. The summed E-state index contributed by atoms with van der Waals surface area (Å²) in [6.45, 7) is 0. The summed E-state index contributed by atoms with van der Waals surface area (Å²) in [5.41, 5.74) is 0. The topological polar surface area (TPSA) is 35.5 Å². The van der Waals surface area contributed by atoms with Crippen LogP contribution in [0.3, 0.4) is 0 Å². The molecule has 3 heterocycles. The van der Waals surface area contributed by atoms with E-state index in [1.165, 1.54) is 13.5 Å². The SMILES string of the molecule is COC(=O)[C@@H]1[C@H]2C[C@H]3CC[C@@H]1[N+]3(C)O2. The fourth-order valence-electron chi connectivity index (χ4n) is 3.64. The zero-order chi connectivity index (χ0) is 9.92. The lowest BCUT2D eigenvalue weighted by molar-refractivity contribution is -1.09. The Kier molecular flexibility index (Phi) is 1.55. The van der Waals surface area contributed by atoms with Gasteiger partial charge in [0.05, 0.1) is 14.2 Å². The molecule has 0 N–H and O–H groups in total. The number of quaternary nitrogens is 1. The fraction of sp³-hybridized carbons (Fsp3) is 0.900. The van der Waals surface area contributed by atoms with Crippen LogP contribution in [0.15, 0.2) is 0 Å². The molecule has 3 saturated heterocycles. The van der Waals surface area contributed by atoms with Crippen molar-refractivity contribution in [1.29, 1.82) is 0 Å². The Morgan fingerprint density at radius 3 is 3.00 bits per heavy atom. The van der Waals surface area contributed by atoms with E-state index in [1.54, 1.807) is 0 Å². The molecule has 1 unspecified atom stereocenters. The van der Waals surface area contributed by atoms with E-state index >= 15 is 0 Å². The first-order valence-corrected chi connectivity index (χ1v) is 5.29. The van der Waals surface area contributed by atoms with Crippen molar-refractivity contribution in [3.63, 3.8) is 0 Å². The summed E-state index contributed by atoms with van der Waals surface area (Å²) in [5.74, 6) is -0.0917. The first kappa shape index (κ1) is 8.68. The minimum absolute atomic E-state index is 0.0104. The van der Waals surface area contributed by atoms with Crippen LogP contribution >= 0.6 is 0 Å². The van der Waals surface area contributed by atoms with E-state index in [9.17, 15) is 4.79 Å². The number of hydrogen-bond donors (Lipinski definition) is 0. The highest BCUT2D eigenvalue weighted by molar-refractivity contribution is 5.74. The molecule has 3 aliphatic rings. The number of carbonyl (C=O) groups is 1. The summed E-state index contributed by atoms with van der Waals surface area (Å²) < 4.78 is 5.52. The number of hydrogen-bond acceptors (Lipinski definition) is 3. The van der Waals surface area contributed by atoms with Gasteiger partial charge in [-0.15, -0.1) is 0 Å². The van der Waals surface area contributed by atoms with Gasteiger partial charge in [0.2, 0.25) is 0 Å². The molecule has 0 spiro atoms. The first-order chi connectivity index (χ1) is 6.66. The number of piperidine rings is 1. The second-order valence-corrected chi connectivity index (χ2v) is 4.79. The average Bonchev–Trinajstić information content (AvgIpc) is 2.63.